The number of thiophene rings is 1. The van der Waals surface area contributed by atoms with E-state index in [-0.39, 0.29) is 17.1 Å². The van der Waals surface area contributed by atoms with E-state index >= 15 is 0 Å². The third-order valence-electron chi connectivity index (χ3n) is 5.97. The lowest BCUT2D eigenvalue weighted by Gasteiger charge is -2.27. The van der Waals surface area contributed by atoms with Gasteiger partial charge in [0.05, 0.1) is 6.54 Å². The van der Waals surface area contributed by atoms with Gasteiger partial charge in [-0.3, -0.25) is 9.79 Å². The number of guanidine groups is 1. The molecule has 4 rings (SSSR count). The van der Waals surface area contributed by atoms with Gasteiger partial charge >= 0.3 is 0 Å². The zero-order valence-electron chi connectivity index (χ0n) is 17.4. The summed E-state index contributed by atoms with van der Waals surface area (Å²) in [6, 6.07) is 8.98. The molecule has 7 heteroatoms. The Morgan fingerprint density at radius 2 is 2.17 bits per heavy atom. The Hall–Kier alpha value is -2.41. The van der Waals surface area contributed by atoms with Crippen LogP contribution in [0.4, 0.5) is 4.39 Å². The van der Waals surface area contributed by atoms with Gasteiger partial charge in [-0.2, -0.15) is 0 Å². The van der Waals surface area contributed by atoms with E-state index in [0.717, 1.165) is 44.5 Å². The van der Waals surface area contributed by atoms with Gasteiger partial charge in [0, 0.05) is 42.9 Å². The maximum Gasteiger partial charge on any atom is 0.224 e. The van der Waals surface area contributed by atoms with E-state index < -0.39 is 0 Å². The Labute approximate surface area is 181 Å². The summed E-state index contributed by atoms with van der Waals surface area (Å²) in [6.07, 6.45) is 3.45. The predicted molar refractivity (Wildman–Crippen MR) is 119 cm³/mol. The van der Waals surface area contributed by atoms with Crippen LogP contribution in [0.25, 0.3) is 0 Å². The topological polar surface area (TPSA) is 56.7 Å². The molecule has 1 aromatic heterocycles. The average molecular weight is 429 g/mol. The highest BCUT2D eigenvalue weighted by Gasteiger charge is 2.44. The van der Waals surface area contributed by atoms with Crippen LogP contribution in [0, 0.1) is 5.82 Å². The largest absolute Gasteiger partial charge is 0.357 e. The van der Waals surface area contributed by atoms with E-state index in [1.165, 1.54) is 16.5 Å². The molecule has 0 bridgehead atoms. The third-order valence-corrected chi connectivity index (χ3v) is 6.99. The molecule has 0 spiro atoms. The van der Waals surface area contributed by atoms with E-state index in [2.05, 4.69) is 22.1 Å². The second kappa shape index (κ2) is 9.16. The van der Waals surface area contributed by atoms with Crippen molar-refractivity contribution in [1.82, 2.24) is 15.5 Å². The molecule has 2 N–H and O–H groups in total. The summed E-state index contributed by atoms with van der Waals surface area (Å²) in [5.74, 6) is 0.693. The van der Waals surface area contributed by atoms with E-state index in [1.807, 2.05) is 17.9 Å². The summed E-state index contributed by atoms with van der Waals surface area (Å²) in [6.45, 7) is 5.46. The minimum Gasteiger partial charge on any atom is -0.357 e. The summed E-state index contributed by atoms with van der Waals surface area (Å²) < 4.78 is 13.6. The van der Waals surface area contributed by atoms with Crippen LogP contribution in [0.1, 0.15) is 42.2 Å². The van der Waals surface area contributed by atoms with Gasteiger partial charge in [-0.25, -0.2) is 4.39 Å². The Morgan fingerprint density at radius 1 is 1.30 bits per heavy atom. The average Bonchev–Trinajstić information content (AvgIpc) is 3.40. The molecular weight excluding hydrogens is 399 g/mol. The quantitative estimate of drug-likeness (QED) is 0.525. The van der Waals surface area contributed by atoms with Crippen LogP contribution in [-0.4, -0.2) is 42.9 Å². The number of amides is 1. The highest BCUT2D eigenvalue weighted by atomic mass is 32.1. The first-order valence-electron chi connectivity index (χ1n) is 10.7. The van der Waals surface area contributed by atoms with Gasteiger partial charge in [0.15, 0.2) is 5.96 Å². The van der Waals surface area contributed by atoms with Crippen molar-refractivity contribution in [3.8, 4) is 0 Å². The molecule has 0 atom stereocenters. The lowest BCUT2D eigenvalue weighted by Crippen LogP contribution is -2.41. The molecule has 160 valence electrons. The van der Waals surface area contributed by atoms with Crippen molar-refractivity contribution in [1.29, 1.82) is 0 Å². The van der Waals surface area contributed by atoms with Gasteiger partial charge in [0.25, 0.3) is 0 Å². The van der Waals surface area contributed by atoms with Crippen molar-refractivity contribution in [2.24, 2.45) is 4.99 Å². The van der Waals surface area contributed by atoms with E-state index in [4.69, 9.17) is 4.99 Å². The van der Waals surface area contributed by atoms with Crippen LogP contribution in [0.5, 0.6) is 0 Å². The fourth-order valence-corrected chi connectivity index (χ4v) is 4.88. The zero-order chi connectivity index (χ0) is 21.0. The molecule has 0 saturated heterocycles. The minimum atomic E-state index is -0.196. The molecule has 1 fully saturated rings. The molecule has 1 aliphatic carbocycles. The number of nitrogens with one attached hydrogen (secondary N) is 2. The van der Waals surface area contributed by atoms with Crippen LogP contribution >= 0.6 is 11.3 Å². The number of halogens is 1. The minimum absolute atomic E-state index is 0.0493. The van der Waals surface area contributed by atoms with Crippen molar-refractivity contribution in [2.75, 3.05) is 26.2 Å². The Bertz CT molecular complexity index is 921. The van der Waals surface area contributed by atoms with Crippen molar-refractivity contribution < 1.29 is 9.18 Å². The molecule has 0 unspecified atom stereocenters. The van der Waals surface area contributed by atoms with E-state index in [1.54, 1.807) is 23.5 Å². The van der Waals surface area contributed by atoms with E-state index in [9.17, 15) is 9.18 Å². The molecule has 1 aromatic carbocycles. The lowest BCUT2D eigenvalue weighted by molar-refractivity contribution is -0.131. The number of benzene rings is 1. The number of fused-ring (bicyclic) bond motifs is 1. The molecule has 2 aliphatic rings. The molecule has 0 radical (unpaired) electrons. The molecule has 2 aromatic rings. The standard InChI is InChI=1S/C23H29FN4OS/c1-2-25-22(27-16-23(9-10-23)18-4-3-5-19(24)14-18)26-11-6-21(29)28-12-7-20-17(15-28)8-13-30-20/h3-5,8,13-14H,2,6-7,9-12,15-16H2,1H3,(H2,25,26,27). The molecule has 2 heterocycles. The Kier molecular flexibility index (Phi) is 6.37. The van der Waals surface area contributed by atoms with Crippen molar-refractivity contribution in [3.63, 3.8) is 0 Å². The fraction of sp³-hybridized carbons (Fsp3) is 0.478. The van der Waals surface area contributed by atoms with Gasteiger partial charge in [-0.1, -0.05) is 12.1 Å². The molecule has 1 aliphatic heterocycles. The highest BCUT2D eigenvalue weighted by molar-refractivity contribution is 7.10. The number of hydrogen-bond donors (Lipinski definition) is 2. The normalized spacial score (nSPS) is 17.4. The monoisotopic (exact) mass is 428 g/mol. The smallest absolute Gasteiger partial charge is 0.224 e. The summed E-state index contributed by atoms with van der Waals surface area (Å²) in [4.78, 5) is 20.7. The third kappa shape index (κ3) is 4.83. The van der Waals surface area contributed by atoms with Crippen molar-refractivity contribution in [3.05, 3.63) is 57.5 Å². The van der Waals surface area contributed by atoms with E-state index in [0.29, 0.717) is 25.5 Å². The number of carbonyl (C=O) groups is 1. The number of carbonyl (C=O) groups excluding carboxylic acids is 1. The maximum atomic E-state index is 13.6. The van der Waals surface area contributed by atoms with Crippen LogP contribution in [0.15, 0.2) is 40.7 Å². The summed E-state index contributed by atoms with van der Waals surface area (Å²) in [5, 5.41) is 8.64. The number of rotatable bonds is 7. The van der Waals surface area contributed by atoms with Gasteiger partial charge in [0.2, 0.25) is 5.91 Å². The zero-order valence-corrected chi connectivity index (χ0v) is 18.2. The number of nitrogens with zero attached hydrogens (tertiary/aromatic N) is 2. The van der Waals surface area contributed by atoms with Crippen molar-refractivity contribution in [2.45, 2.75) is 44.6 Å². The first-order chi connectivity index (χ1) is 14.6. The first-order valence-corrected chi connectivity index (χ1v) is 11.6. The second-order valence-electron chi connectivity index (χ2n) is 8.10. The van der Waals surface area contributed by atoms with Crippen LogP contribution in [0.3, 0.4) is 0 Å². The Morgan fingerprint density at radius 3 is 2.93 bits per heavy atom. The number of hydrogen-bond acceptors (Lipinski definition) is 3. The fourth-order valence-electron chi connectivity index (χ4n) is 3.99. The first kappa shape index (κ1) is 20.8. The van der Waals surface area contributed by atoms with Crippen LogP contribution in [0.2, 0.25) is 0 Å². The van der Waals surface area contributed by atoms with Gasteiger partial charge in [-0.15, -0.1) is 11.3 Å². The summed E-state index contributed by atoms with van der Waals surface area (Å²) in [5.41, 5.74) is 2.26. The van der Waals surface area contributed by atoms with Crippen LogP contribution in [-0.2, 0) is 23.2 Å². The molecule has 5 nitrogen and oxygen atoms in total. The van der Waals surface area contributed by atoms with Crippen LogP contribution < -0.4 is 10.6 Å². The molecular formula is C23H29FN4OS. The van der Waals surface area contributed by atoms with Gasteiger partial charge in [0.1, 0.15) is 5.82 Å². The maximum absolute atomic E-state index is 13.6. The highest BCUT2D eigenvalue weighted by Crippen LogP contribution is 2.48. The van der Waals surface area contributed by atoms with Crippen molar-refractivity contribution >= 4 is 23.2 Å². The molecule has 1 saturated carbocycles. The SMILES string of the molecule is CCNC(=NCC1(c2cccc(F)c2)CC1)NCCC(=O)N1CCc2sccc2C1. The Balaban J connectivity index is 1.29. The predicted octanol–water partition coefficient (Wildman–Crippen LogP) is 3.45. The molecule has 1 amide bonds. The van der Waals surface area contributed by atoms with Gasteiger partial charge < -0.3 is 15.5 Å². The molecule has 30 heavy (non-hydrogen) atoms. The second-order valence-corrected chi connectivity index (χ2v) is 9.10. The summed E-state index contributed by atoms with van der Waals surface area (Å²) >= 11 is 1.78. The number of aliphatic imine (C=N–C) groups is 1. The lowest BCUT2D eigenvalue weighted by atomic mass is 9.96. The summed E-state index contributed by atoms with van der Waals surface area (Å²) in [7, 11) is 0. The van der Waals surface area contributed by atoms with Gasteiger partial charge in [-0.05, 0) is 60.9 Å².